The highest BCUT2D eigenvalue weighted by molar-refractivity contribution is 5.88. The number of hydrogen-bond acceptors (Lipinski definition) is 2. The second-order valence-corrected chi connectivity index (χ2v) is 6.11. The molecule has 2 aromatic rings. The molecular weight excluding hydrogens is 267 g/mol. The monoisotopic (exact) mass is 290 g/mol. The molecule has 0 saturated carbocycles. The molecule has 4 heteroatoms. The van der Waals surface area contributed by atoms with Gasteiger partial charge in [-0.05, 0) is 24.1 Å². The van der Waals surface area contributed by atoms with Crippen molar-refractivity contribution in [1.29, 1.82) is 0 Å². The number of halogens is 1. The second-order valence-electron chi connectivity index (χ2n) is 6.11. The van der Waals surface area contributed by atoms with Crippen LogP contribution >= 0.6 is 0 Å². The summed E-state index contributed by atoms with van der Waals surface area (Å²) in [5.41, 5.74) is 1.61. The van der Waals surface area contributed by atoms with Gasteiger partial charge in [0.05, 0.1) is 6.04 Å². The molecule has 1 aromatic carbocycles. The average molecular weight is 290 g/mol. The van der Waals surface area contributed by atoms with E-state index >= 15 is 0 Å². The number of aromatic amines is 1. The summed E-state index contributed by atoms with van der Waals surface area (Å²) in [6.07, 6.45) is 2.30. The Bertz CT molecular complexity index is 631. The first-order valence-electron chi connectivity index (χ1n) is 7.44. The third-order valence-corrected chi connectivity index (χ3v) is 3.61. The Hall–Kier alpha value is -1.68. The number of benzene rings is 1. The molecule has 114 valence electrons. The molecule has 0 amide bonds. The number of ketones is 1. The predicted molar refractivity (Wildman–Crippen MR) is 83.9 cm³/mol. The lowest BCUT2D eigenvalue weighted by molar-refractivity contribution is -0.124. The molecule has 1 aromatic heterocycles. The van der Waals surface area contributed by atoms with E-state index in [-0.39, 0.29) is 29.6 Å². The van der Waals surface area contributed by atoms with Gasteiger partial charge in [0, 0.05) is 29.1 Å². The van der Waals surface area contributed by atoms with Crippen molar-refractivity contribution in [2.75, 3.05) is 0 Å². The van der Waals surface area contributed by atoms with E-state index in [2.05, 4.69) is 10.3 Å². The lowest BCUT2D eigenvalue weighted by Crippen LogP contribution is -2.44. The van der Waals surface area contributed by atoms with Crippen molar-refractivity contribution < 1.29 is 9.18 Å². The standard InChI is InChI=1S/C17H23FN2O/c1-10(2)17(21)15(20-11(3)4)8-12-9-19-14-7-5-6-13(18)16(12)14/h5-7,9-11,15,19-20H,8H2,1-4H3/t15-/m0/s1. The normalized spacial score (nSPS) is 13.3. The molecular formula is C17H23FN2O. The first-order chi connectivity index (χ1) is 9.90. The molecule has 21 heavy (non-hydrogen) atoms. The third kappa shape index (κ3) is 3.50. The molecule has 0 saturated heterocycles. The molecule has 3 nitrogen and oxygen atoms in total. The molecule has 0 radical (unpaired) electrons. The van der Waals surface area contributed by atoms with E-state index in [9.17, 15) is 9.18 Å². The summed E-state index contributed by atoms with van der Waals surface area (Å²) in [4.78, 5) is 15.4. The van der Waals surface area contributed by atoms with Crippen LogP contribution < -0.4 is 5.32 Å². The first-order valence-corrected chi connectivity index (χ1v) is 7.44. The van der Waals surface area contributed by atoms with E-state index in [1.165, 1.54) is 6.07 Å². The second kappa shape index (κ2) is 6.39. The largest absolute Gasteiger partial charge is 0.361 e. The summed E-state index contributed by atoms with van der Waals surface area (Å²) in [7, 11) is 0. The summed E-state index contributed by atoms with van der Waals surface area (Å²) in [5.74, 6) is -0.130. The Labute approximate surface area is 124 Å². The van der Waals surface area contributed by atoms with E-state index in [0.29, 0.717) is 11.8 Å². The van der Waals surface area contributed by atoms with Gasteiger partial charge in [-0.3, -0.25) is 4.79 Å². The predicted octanol–water partition coefficient (Wildman–Crippen LogP) is 3.44. The zero-order valence-corrected chi connectivity index (χ0v) is 13.0. The molecule has 0 aliphatic carbocycles. The Morgan fingerprint density at radius 3 is 2.62 bits per heavy atom. The summed E-state index contributed by atoms with van der Waals surface area (Å²) < 4.78 is 14.0. The van der Waals surface area contributed by atoms with Gasteiger partial charge in [-0.2, -0.15) is 0 Å². The highest BCUT2D eigenvalue weighted by atomic mass is 19.1. The number of aromatic nitrogens is 1. The highest BCUT2D eigenvalue weighted by Gasteiger charge is 2.23. The number of nitrogens with one attached hydrogen (secondary N) is 2. The van der Waals surface area contributed by atoms with Crippen molar-refractivity contribution >= 4 is 16.7 Å². The number of carbonyl (C=O) groups excluding carboxylic acids is 1. The van der Waals surface area contributed by atoms with Gasteiger partial charge in [-0.25, -0.2) is 4.39 Å². The van der Waals surface area contributed by atoms with Gasteiger partial charge in [0.15, 0.2) is 5.78 Å². The van der Waals surface area contributed by atoms with Gasteiger partial charge in [0.1, 0.15) is 5.82 Å². The van der Waals surface area contributed by atoms with Crippen LogP contribution in [0.1, 0.15) is 33.3 Å². The fourth-order valence-corrected chi connectivity index (χ4v) is 2.64. The summed E-state index contributed by atoms with van der Waals surface area (Å²) in [6.45, 7) is 7.81. The minimum absolute atomic E-state index is 0.0451. The van der Waals surface area contributed by atoms with Gasteiger partial charge in [-0.1, -0.05) is 33.8 Å². The maximum atomic E-state index is 14.0. The molecule has 0 spiro atoms. The van der Waals surface area contributed by atoms with Crippen molar-refractivity contribution in [3.05, 3.63) is 35.8 Å². The molecule has 1 atom stereocenters. The van der Waals surface area contributed by atoms with Gasteiger partial charge in [-0.15, -0.1) is 0 Å². The van der Waals surface area contributed by atoms with Crippen molar-refractivity contribution in [1.82, 2.24) is 10.3 Å². The fourth-order valence-electron chi connectivity index (χ4n) is 2.64. The van der Waals surface area contributed by atoms with Crippen LogP contribution in [0.25, 0.3) is 10.9 Å². The highest BCUT2D eigenvalue weighted by Crippen LogP contribution is 2.23. The smallest absolute Gasteiger partial charge is 0.152 e. The van der Waals surface area contributed by atoms with Crippen LogP contribution in [0.2, 0.25) is 0 Å². The van der Waals surface area contributed by atoms with Crippen LogP contribution in [0.5, 0.6) is 0 Å². The third-order valence-electron chi connectivity index (χ3n) is 3.61. The zero-order chi connectivity index (χ0) is 15.6. The van der Waals surface area contributed by atoms with E-state index in [4.69, 9.17) is 0 Å². The van der Waals surface area contributed by atoms with Crippen LogP contribution in [-0.4, -0.2) is 22.9 Å². The van der Waals surface area contributed by atoms with Crippen molar-refractivity contribution in [3.8, 4) is 0 Å². The zero-order valence-electron chi connectivity index (χ0n) is 13.0. The lowest BCUT2D eigenvalue weighted by atomic mass is 9.95. The van der Waals surface area contributed by atoms with E-state index < -0.39 is 0 Å². The topological polar surface area (TPSA) is 44.9 Å². The van der Waals surface area contributed by atoms with E-state index in [0.717, 1.165) is 11.1 Å². The maximum absolute atomic E-state index is 14.0. The Kier molecular flexibility index (Phi) is 4.78. The Morgan fingerprint density at radius 2 is 2.00 bits per heavy atom. The number of hydrogen-bond donors (Lipinski definition) is 2. The quantitative estimate of drug-likeness (QED) is 0.856. The molecule has 0 aliphatic rings. The Morgan fingerprint density at radius 1 is 1.29 bits per heavy atom. The summed E-state index contributed by atoms with van der Waals surface area (Å²) >= 11 is 0. The van der Waals surface area contributed by atoms with Gasteiger partial charge in [0.25, 0.3) is 0 Å². The first kappa shape index (κ1) is 15.7. The van der Waals surface area contributed by atoms with Gasteiger partial charge >= 0.3 is 0 Å². The average Bonchev–Trinajstić information content (AvgIpc) is 2.81. The van der Waals surface area contributed by atoms with Crippen LogP contribution in [0.4, 0.5) is 4.39 Å². The van der Waals surface area contributed by atoms with Crippen molar-refractivity contribution in [2.24, 2.45) is 5.92 Å². The van der Waals surface area contributed by atoms with Gasteiger partial charge < -0.3 is 10.3 Å². The van der Waals surface area contributed by atoms with E-state index in [1.54, 1.807) is 12.3 Å². The molecule has 2 N–H and O–H groups in total. The van der Waals surface area contributed by atoms with Crippen molar-refractivity contribution in [3.63, 3.8) is 0 Å². The maximum Gasteiger partial charge on any atom is 0.152 e. The van der Waals surface area contributed by atoms with Crippen LogP contribution in [0.3, 0.4) is 0 Å². The number of Topliss-reactive ketones (excluding diaryl/α,β-unsaturated/α-hetero) is 1. The molecule has 0 bridgehead atoms. The molecule has 2 rings (SSSR count). The summed E-state index contributed by atoms with van der Waals surface area (Å²) in [6, 6.07) is 4.89. The number of carbonyl (C=O) groups is 1. The molecule has 0 aliphatic heterocycles. The van der Waals surface area contributed by atoms with Gasteiger partial charge in [0.2, 0.25) is 0 Å². The Balaban J connectivity index is 2.32. The molecule has 0 unspecified atom stereocenters. The minimum atomic E-state index is -0.288. The van der Waals surface area contributed by atoms with Crippen LogP contribution in [-0.2, 0) is 11.2 Å². The van der Waals surface area contributed by atoms with E-state index in [1.807, 2.05) is 33.8 Å². The molecule has 1 heterocycles. The van der Waals surface area contributed by atoms with Crippen LogP contribution in [0, 0.1) is 11.7 Å². The minimum Gasteiger partial charge on any atom is -0.361 e. The number of rotatable bonds is 6. The molecule has 0 fully saturated rings. The SMILES string of the molecule is CC(C)N[C@@H](Cc1c[nH]c2cccc(F)c12)C(=O)C(C)C. The van der Waals surface area contributed by atoms with Crippen molar-refractivity contribution in [2.45, 2.75) is 46.2 Å². The number of fused-ring (bicyclic) bond motifs is 1. The summed E-state index contributed by atoms with van der Waals surface area (Å²) in [5, 5.41) is 3.89. The lowest BCUT2D eigenvalue weighted by Gasteiger charge is -2.21. The fraction of sp³-hybridized carbons (Fsp3) is 0.471. The number of H-pyrrole nitrogens is 1. The van der Waals surface area contributed by atoms with Crippen LogP contribution in [0.15, 0.2) is 24.4 Å².